The van der Waals surface area contributed by atoms with Gasteiger partial charge in [0.1, 0.15) is 17.1 Å². The summed E-state index contributed by atoms with van der Waals surface area (Å²) in [5, 5.41) is 28.0. The van der Waals surface area contributed by atoms with E-state index in [4.69, 9.17) is 5.11 Å². The molecule has 0 aliphatic heterocycles. The molecule has 27 heavy (non-hydrogen) atoms. The first-order chi connectivity index (χ1) is 12.8. The Bertz CT molecular complexity index is 1110. The Hall–Kier alpha value is -3.52. The molecule has 0 atom stereocenters. The average Bonchev–Trinajstić information content (AvgIpc) is 2.62. The third-order valence-corrected chi connectivity index (χ3v) is 5.20. The lowest BCUT2D eigenvalue weighted by molar-refractivity contribution is 0.0693. The molecule has 0 aromatic heterocycles. The van der Waals surface area contributed by atoms with Gasteiger partial charge in [-0.15, -0.1) is 0 Å². The molecule has 0 saturated carbocycles. The highest BCUT2D eigenvalue weighted by atomic mass is 32.2. The molecule has 0 bridgehead atoms. The van der Waals surface area contributed by atoms with Crippen LogP contribution in [0.4, 0.5) is 5.69 Å². The van der Waals surface area contributed by atoms with E-state index in [1.807, 2.05) is 0 Å². The minimum absolute atomic E-state index is 0.00474. The van der Waals surface area contributed by atoms with Crippen LogP contribution < -0.4 is 4.72 Å². The van der Waals surface area contributed by atoms with Gasteiger partial charge >= 0.3 is 5.97 Å². The van der Waals surface area contributed by atoms with Crippen LogP contribution in [0.15, 0.2) is 71.6 Å². The molecule has 0 amide bonds. The summed E-state index contributed by atoms with van der Waals surface area (Å²) >= 11 is 0. The van der Waals surface area contributed by atoms with Gasteiger partial charge in [-0.3, -0.25) is 4.72 Å². The van der Waals surface area contributed by atoms with Crippen molar-refractivity contribution >= 4 is 21.7 Å². The predicted octanol–water partition coefficient (Wildman–Crippen LogP) is 3.26. The number of anilines is 1. The van der Waals surface area contributed by atoms with Gasteiger partial charge in [-0.05, 0) is 47.5 Å². The summed E-state index contributed by atoms with van der Waals surface area (Å²) in [5.41, 5.74) is 1.08. The van der Waals surface area contributed by atoms with Crippen molar-refractivity contribution in [1.29, 1.82) is 0 Å². The SMILES string of the molecule is O=C(O)c1ccc(NS(=O)(=O)c2cccc(-c3ccc(O)cc3)c2)cc1O. The number of hydrogen-bond acceptors (Lipinski definition) is 5. The van der Waals surface area contributed by atoms with Crippen molar-refractivity contribution in [2.24, 2.45) is 0 Å². The van der Waals surface area contributed by atoms with Crippen molar-refractivity contribution in [3.8, 4) is 22.6 Å². The van der Waals surface area contributed by atoms with Crippen LogP contribution in [0.25, 0.3) is 11.1 Å². The van der Waals surface area contributed by atoms with Crippen molar-refractivity contribution in [2.75, 3.05) is 4.72 Å². The van der Waals surface area contributed by atoms with Crippen LogP contribution in [0, 0.1) is 0 Å². The summed E-state index contributed by atoms with van der Waals surface area (Å²) in [4.78, 5) is 10.9. The van der Waals surface area contributed by atoms with Crippen molar-refractivity contribution in [2.45, 2.75) is 4.90 Å². The number of aromatic carboxylic acids is 1. The van der Waals surface area contributed by atoms with E-state index in [-0.39, 0.29) is 21.9 Å². The number of aromatic hydroxyl groups is 2. The zero-order valence-electron chi connectivity index (χ0n) is 13.8. The van der Waals surface area contributed by atoms with Crippen LogP contribution in [0.2, 0.25) is 0 Å². The largest absolute Gasteiger partial charge is 0.508 e. The van der Waals surface area contributed by atoms with Gasteiger partial charge in [0.05, 0.1) is 10.6 Å². The van der Waals surface area contributed by atoms with Crippen molar-refractivity contribution in [3.63, 3.8) is 0 Å². The molecule has 0 saturated heterocycles. The molecule has 8 heteroatoms. The van der Waals surface area contributed by atoms with Gasteiger partial charge in [0.15, 0.2) is 0 Å². The maximum atomic E-state index is 12.6. The molecule has 7 nitrogen and oxygen atoms in total. The van der Waals surface area contributed by atoms with E-state index >= 15 is 0 Å². The van der Waals surface area contributed by atoms with Gasteiger partial charge in [0, 0.05) is 6.07 Å². The summed E-state index contributed by atoms with van der Waals surface area (Å²) in [5.74, 6) is -1.75. The number of phenolic OH excluding ortho intramolecular Hbond substituents is 1. The third kappa shape index (κ3) is 4.01. The summed E-state index contributed by atoms with van der Waals surface area (Å²) < 4.78 is 27.5. The highest BCUT2D eigenvalue weighted by Gasteiger charge is 2.17. The number of benzene rings is 3. The van der Waals surface area contributed by atoms with Gasteiger partial charge in [-0.1, -0.05) is 24.3 Å². The Balaban J connectivity index is 1.91. The van der Waals surface area contributed by atoms with Crippen LogP contribution in [0.5, 0.6) is 11.5 Å². The highest BCUT2D eigenvalue weighted by molar-refractivity contribution is 7.92. The van der Waals surface area contributed by atoms with E-state index in [0.717, 1.165) is 17.7 Å². The number of carbonyl (C=O) groups is 1. The Kier molecular flexibility index (Phi) is 4.74. The van der Waals surface area contributed by atoms with Crippen LogP contribution in [-0.4, -0.2) is 29.7 Å². The number of phenols is 2. The van der Waals surface area contributed by atoms with E-state index in [2.05, 4.69) is 4.72 Å². The van der Waals surface area contributed by atoms with Gasteiger partial charge in [-0.2, -0.15) is 0 Å². The lowest BCUT2D eigenvalue weighted by Crippen LogP contribution is -2.13. The van der Waals surface area contributed by atoms with Crippen molar-refractivity contribution in [1.82, 2.24) is 0 Å². The number of carboxylic acids is 1. The molecular weight excluding hydrogens is 370 g/mol. The average molecular weight is 385 g/mol. The summed E-state index contributed by atoms with van der Waals surface area (Å²) in [6.07, 6.45) is 0. The molecule has 138 valence electrons. The molecular formula is C19H15NO6S. The summed E-state index contributed by atoms with van der Waals surface area (Å²) in [6.45, 7) is 0. The molecule has 3 aromatic rings. The fourth-order valence-corrected chi connectivity index (χ4v) is 3.58. The Labute approximate surface area is 155 Å². The second kappa shape index (κ2) is 7.00. The van der Waals surface area contributed by atoms with E-state index in [1.54, 1.807) is 24.3 Å². The van der Waals surface area contributed by atoms with Gasteiger partial charge in [0.2, 0.25) is 0 Å². The lowest BCUT2D eigenvalue weighted by atomic mass is 10.1. The first kappa shape index (κ1) is 18.3. The maximum Gasteiger partial charge on any atom is 0.339 e. The second-order valence-corrected chi connectivity index (χ2v) is 7.40. The first-order valence-corrected chi connectivity index (χ1v) is 9.23. The minimum Gasteiger partial charge on any atom is -0.508 e. The number of hydrogen-bond donors (Lipinski definition) is 4. The summed E-state index contributed by atoms with van der Waals surface area (Å²) in [6, 6.07) is 15.9. The molecule has 3 aromatic carbocycles. The normalized spacial score (nSPS) is 11.1. The number of sulfonamides is 1. The zero-order chi connectivity index (χ0) is 19.6. The molecule has 0 spiro atoms. The predicted molar refractivity (Wildman–Crippen MR) is 99.4 cm³/mol. The highest BCUT2D eigenvalue weighted by Crippen LogP contribution is 2.27. The smallest absolute Gasteiger partial charge is 0.339 e. The molecule has 0 aliphatic rings. The molecule has 4 N–H and O–H groups in total. The molecule has 0 fully saturated rings. The Morgan fingerprint density at radius 1 is 0.852 bits per heavy atom. The van der Waals surface area contributed by atoms with Crippen LogP contribution in [0.3, 0.4) is 0 Å². The fraction of sp³-hybridized carbons (Fsp3) is 0. The van der Waals surface area contributed by atoms with E-state index < -0.39 is 21.7 Å². The second-order valence-electron chi connectivity index (χ2n) is 5.72. The zero-order valence-corrected chi connectivity index (χ0v) is 14.6. The summed E-state index contributed by atoms with van der Waals surface area (Å²) in [7, 11) is -3.96. The molecule has 0 radical (unpaired) electrons. The first-order valence-electron chi connectivity index (χ1n) is 7.75. The van der Waals surface area contributed by atoms with Crippen LogP contribution >= 0.6 is 0 Å². The van der Waals surface area contributed by atoms with Crippen molar-refractivity contribution in [3.05, 3.63) is 72.3 Å². The topological polar surface area (TPSA) is 124 Å². The van der Waals surface area contributed by atoms with E-state index in [9.17, 15) is 23.4 Å². The molecule has 0 unspecified atom stereocenters. The van der Waals surface area contributed by atoms with Gasteiger partial charge in [-0.25, -0.2) is 13.2 Å². The molecule has 0 aliphatic carbocycles. The van der Waals surface area contributed by atoms with Gasteiger partial charge < -0.3 is 15.3 Å². The van der Waals surface area contributed by atoms with E-state index in [0.29, 0.717) is 5.56 Å². The van der Waals surface area contributed by atoms with Crippen LogP contribution in [-0.2, 0) is 10.0 Å². The quantitative estimate of drug-likeness (QED) is 0.534. The fourth-order valence-electron chi connectivity index (χ4n) is 2.49. The lowest BCUT2D eigenvalue weighted by Gasteiger charge is -2.11. The monoisotopic (exact) mass is 385 g/mol. The Morgan fingerprint density at radius 3 is 2.19 bits per heavy atom. The molecule has 3 rings (SSSR count). The number of nitrogens with one attached hydrogen (secondary N) is 1. The third-order valence-electron chi connectivity index (χ3n) is 3.83. The maximum absolute atomic E-state index is 12.6. The van der Waals surface area contributed by atoms with Crippen molar-refractivity contribution < 1.29 is 28.5 Å². The van der Waals surface area contributed by atoms with Crippen LogP contribution in [0.1, 0.15) is 10.4 Å². The van der Waals surface area contributed by atoms with E-state index in [1.165, 1.54) is 30.3 Å². The Morgan fingerprint density at radius 2 is 1.56 bits per heavy atom. The van der Waals surface area contributed by atoms with Gasteiger partial charge in [0.25, 0.3) is 10.0 Å². The minimum atomic E-state index is -3.96. The molecule has 0 heterocycles. The number of carboxylic acid groups (broad SMARTS) is 1. The standard InChI is InChI=1S/C19H15NO6S/c21-15-7-4-12(5-8-15)13-2-1-3-16(10-13)27(25,26)20-14-6-9-17(19(23)24)18(22)11-14/h1-11,20-22H,(H,23,24). The number of rotatable bonds is 5.